The normalized spacial score (nSPS) is 17.5. The van der Waals surface area contributed by atoms with E-state index in [2.05, 4.69) is 21.9 Å². The van der Waals surface area contributed by atoms with Crippen LogP contribution in [0.3, 0.4) is 0 Å². The molecule has 1 aliphatic rings. The van der Waals surface area contributed by atoms with Crippen LogP contribution in [0.2, 0.25) is 0 Å². The topological polar surface area (TPSA) is 71.1 Å². The lowest BCUT2D eigenvalue weighted by Gasteiger charge is -2.38. The van der Waals surface area contributed by atoms with Gasteiger partial charge in [0.15, 0.2) is 0 Å². The van der Waals surface area contributed by atoms with Gasteiger partial charge in [-0.05, 0) is 30.7 Å². The summed E-state index contributed by atoms with van der Waals surface area (Å²) in [5.74, 6) is 0. The second-order valence-electron chi connectivity index (χ2n) is 5.79. The molecular formula is C14H23N3O2S. The zero-order valence-electron chi connectivity index (χ0n) is 12.1. The maximum Gasteiger partial charge on any atom is 0.244 e. The molecule has 0 unspecified atom stereocenters. The minimum atomic E-state index is -3.51. The van der Waals surface area contributed by atoms with Crippen molar-refractivity contribution in [3.63, 3.8) is 0 Å². The Hall–Kier alpha value is -1.14. The number of nitrogens with zero attached hydrogens (tertiary/aromatic N) is 1. The van der Waals surface area contributed by atoms with Crippen LogP contribution in [-0.2, 0) is 10.0 Å². The summed E-state index contributed by atoms with van der Waals surface area (Å²) in [7, 11) is -3.51. The number of pyridine rings is 1. The summed E-state index contributed by atoms with van der Waals surface area (Å²) in [4.78, 5) is 4.17. The van der Waals surface area contributed by atoms with Crippen LogP contribution in [0.15, 0.2) is 23.4 Å². The van der Waals surface area contributed by atoms with Crippen LogP contribution >= 0.6 is 0 Å². The van der Waals surface area contributed by atoms with Crippen LogP contribution in [0.25, 0.3) is 0 Å². The van der Waals surface area contributed by atoms with E-state index in [0.717, 1.165) is 25.8 Å². The molecule has 2 N–H and O–H groups in total. The first-order chi connectivity index (χ1) is 9.47. The molecule has 1 aromatic rings. The molecule has 0 saturated heterocycles. The number of hydrogen-bond donors (Lipinski definition) is 2. The highest BCUT2D eigenvalue weighted by Gasteiger charge is 2.33. The van der Waals surface area contributed by atoms with Gasteiger partial charge in [-0.25, -0.2) is 13.1 Å². The van der Waals surface area contributed by atoms with Gasteiger partial charge in [-0.3, -0.25) is 4.98 Å². The molecule has 0 spiro atoms. The number of hydrogen-bond acceptors (Lipinski definition) is 4. The van der Waals surface area contributed by atoms with Crippen molar-refractivity contribution < 1.29 is 8.42 Å². The third-order valence-electron chi connectivity index (χ3n) is 3.89. The zero-order valence-corrected chi connectivity index (χ0v) is 13.0. The van der Waals surface area contributed by atoms with E-state index >= 15 is 0 Å². The van der Waals surface area contributed by atoms with Gasteiger partial charge in [-0.1, -0.05) is 20.3 Å². The number of rotatable bonds is 7. The summed E-state index contributed by atoms with van der Waals surface area (Å²) in [6.45, 7) is 5.40. The van der Waals surface area contributed by atoms with Crippen molar-refractivity contribution in [1.29, 1.82) is 0 Å². The summed E-state index contributed by atoms with van der Waals surface area (Å²) in [6.07, 6.45) is 7.31. The maximum absolute atomic E-state index is 12.4. The Balaban J connectivity index is 2.12. The fourth-order valence-corrected chi connectivity index (χ4v) is 3.63. The van der Waals surface area contributed by atoms with Gasteiger partial charge in [0, 0.05) is 25.5 Å². The molecule has 20 heavy (non-hydrogen) atoms. The molecule has 6 heteroatoms. The van der Waals surface area contributed by atoms with Gasteiger partial charge in [-0.15, -0.1) is 0 Å². The summed E-state index contributed by atoms with van der Waals surface area (Å²) in [5.41, 5.74) is 0.736. The molecule has 0 aromatic carbocycles. The van der Waals surface area contributed by atoms with Gasteiger partial charge in [0.05, 0.1) is 5.69 Å². The van der Waals surface area contributed by atoms with Crippen molar-refractivity contribution >= 4 is 15.7 Å². The molecule has 2 rings (SSSR count). The van der Waals surface area contributed by atoms with Crippen molar-refractivity contribution in [2.75, 3.05) is 18.4 Å². The van der Waals surface area contributed by atoms with Gasteiger partial charge in [0.1, 0.15) is 4.90 Å². The Morgan fingerprint density at radius 2 is 2.15 bits per heavy atom. The Morgan fingerprint density at radius 3 is 2.75 bits per heavy atom. The summed E-state index contributed by atoms with van der Waals surface area (Å²) < 4.78 is 27.6. The fourth-order valence-electron chi connectivity index (χ4n) is 2.30. The van der Waals surface area contributed by atoms with E-state index in [9.17, 15) is 8.42 Å². The minimum Gasteiger partial charge on any atom is -0.384 e. The lowest BCUT2D eigenvalue weighted by Crippen LogP contribution is -2.40. The van der Waals surface area contributed by atoms with Crippen LogP contribution in [0.5, 0.6) is 0 Å². The molecule has 5 nitrogen and oxygen atoms in total. The quantitative estimate of drug-likeness (QED) is 0.810. The predicted molar refractivity (Wildman–Crippen MR) is 80.2 cm³/mol. The lowest BCUT2D eigenvalue weighted by atomic mass is 9.71. The number of anilines is 1. The molecule has 0 atom stereocenters. The predicted octanol–water partition coefficient (Wildman–Crippen LogP) is 2.37. The number of sulfonamides is 1. The molecular weight excluding hydrogens is 274 g/mol. The standard InChI is InChI=1S/C14H23N3O2S/c1-3-8-16-12-5-9-15-10-13(12)20(18,19)17-11-14(2)6-4-7-14/h5,9-10,17H,3-4,6-8,11H2,1-2H3,(H,15,16). The highest BCUT2D eigenvalue weighted by molar-refractivity contribution is 7.89. The van der Waals surface area contributed by atoms with E-state index in [1.54, 1.807) is 12.3 Å². The Labute approximate surface area is 121 Å². The van der Waals surface area contributed by atoms with E-state index in [1.165, 1.54) is 12.6 Å². The van der Waals surface area contributed by atoms with Crippen LogP contribution in [0, 0.1) is 5.41 Å². The molecule has 1 aliphatic carbocycles. The van der Waals surface area contributed by atoms with Gasteiger partial charge < -0.3 is 5.32 Å². The van der Waals surface area contributed by atoms with E-state index < -0.39 is 10.0 Å². The third-order valence-corrected chi connectivity index (χ3v) is 5.32. The van der Waals surface area contributed by atoms with Crippen LogP contribution < -0.4 is 10.0 Å². The van der Waals surface area contributed by atoms with Crippen LogP contribution in [0.1, 0.15) is 39.5 Å². The second kappa shape index (κ2) is 6.10. The molecule has 1 aromatic heterocycles. The molecule has 0 aliphatic heterocycles. The van der Waals surface area contributed by atoms with Crippen molar-refractivity contribution in [3.8, 4) is 0 Å². The Kier molecular flexibility index (Phi) is 4.65. The third kappa shape index (κ3) is 3.49. The lowest BCUT2D eigenvalue weighted by molar-refractivity contribution is 0.166. The van der Waals surface area contributed by atoms with Gasteiger partial charge >= 0.3 is 0 Å². The largest absolute Gasteiger partial charge is 0.384 e. The van der Waals surface area contributed by atoms with Gasteiger partial charge in [0.25, 0.3) is 0 Å². The molecule has 0 amide bonds. The van der Waals surface area contributed by atoms with E-state index in [4.69, 9.17) is 0 Å². The Bertz CT molecular complexity index is 553. The molecule has 0 bridgehead atoms. The SMILES string of the molecule is CCCNc1ccncc1S(=O)(=O)NCC1(C)CCC1. The molecule has 0 radical (unpaired) electrons. The maximum atomic E-state index is 12.4. The van der Waals surface area contributed by atoms with Crippen LogP contribution in [-0.4, -0.2) is 26.5 Å². The minimum absolute atomic E-state index is 0.117. The van der Waals surface area contributed by atoms with Crippen LogP contribution in [0.4, 0.5) is 5.69 Å². The molecule has 1 fully saturated rings. The van der Waals surface area contributed by atoms with E-state index in [1.807, 2.05) is 6.92 Å². The highest BCUT2D eigenvalue weighted by Crippen LogP contribution is 2.39. The average molecular weight is 297 g/mol. The fraction of sp³-hybridized carbons (Fsp3) is 0.643. The van der Waals surface area contributed by atoms with Gasteiger partial charge in [-0.2, -0.15) is 0 Å². The average Bonchev–Trinajstić information content (AvgIpc) is 2.41. The number of aromatic nitrogens is 1. The van der Waals surface area contributed by atoms with Crippen molar-refractivity contribution in [2.45, 2.75) is 44.4 Å². The van der Waals surface area contributed by atoms with E-state index in [0.29, 0.717) is 12.2 Å². The van der Waals surface area contributed by atoms with Gasteiger partial charge in [0.2, 0.25) is 10.0 Å². The highest BCUT2D eigenvalue weighted by atomic mass is 32.2. The molecule has 112 valence electrons. The van der Waals surface area contributed by atoms with Crippen molar-refractivity contribution in [3.05, 3.63) is 18.5 Å². The summed E-state index contributed by atoms with van der Waals surface area (Å²) in [6, 6.07) is 1.70. The van der Waals surface area contributed by atoms with Crippen molar-refractivity contribution in [2.24, 2.45) is 5.41 Å². The zero-order chi connectivity index (χ0) is 14.6. The monoisotopic (exact) mass is 297 g/mol. The number of nitrogens with one attached hydrogen (secondary N) is 2. The smallest absolute Gasteiger partial charge is 0.244 e. The Morgan fingerprint density at radius 1 is 1.40 bits per heavy atom. The second-order valence-corrected chi connectivity index (χ2v) is 7.52. The molecule has 1 saturated carbocycles. The first-order valence-electron chi connectivity index (χ1n) is 7.14. The summed E-state index contributed by atoms with van der Waals surface area (Å²) >= 11 is 0. The molecule has 1 heterocycles. The summed E-state index contributed by atoms with van der Waals surface area (Å²) in [5, 5.41) is 3.13. The van der Waals surface area contributed by atoms with E-state index in [-0.39, 0.29) is 10.3 Å². The first kappa shape index (κ1) is 15.3. The first-order valence-corrected chi connectivity index (χ1v) is 8.63. The van der Waals surface area contributed by atoms with Crippen molar-refractivity contribution in [1.82, 2.24) is 9.71 Å².